The standard InChI is InChI=1S/C31H22N2O10/c34-26(24-14-18(28(36)37)5-11-22(24)30(40)41)32-20-7-1-16(2-8-20)13-17-3-9-21(10-4-17)33-27(35)25-15-19(29(38)39)6-12-23(25)31(42)43/h1-12,14-15H,13H2,(H,32,34)(H,33,35)(H,36,37)(H,38,39)(H,40,41)(H,42,43). The summed E-state index contributed by atoms with van der Waals surface area (Å²) in [5.74, 6) is -6.92. The van der Waals surface area contributed by atoms with E-state index in [9.17, 15) is 49.2 Å². The van der Waals surface area contributed by atoms with Gasteiger partial charge < -0.3 is 31.1 Å². The SMILES string of the molecule is O=C(O)c1ccc(C(=O)O)c(C(=O)Nc2ccc(Cc3ccc(NC(=O)c4cc(C(=O)O)ccc4C(=O)O)cc3)cc2)c1. The van der Waals surface area contributed by atoms with Crippen LogP contribution in [0.5, 0.6) is 0 Å². The van der Waals surface area contributed by atoms with E-state index in [1.165, 1.54) is 0 Å². The molecule has 0 aliphatic rings. The topological polar surface area (TPSA) is 207 Å². The van der Waals surface area contributed by atoms with Crippen LogP contribution in [0, 0.1) is 0 Å². The lowest BCUT2D eigenvalue weighted by Gasteiger charge is -2.11. The van der Waals surface area contributed by atoms with Crippen LogP contribution in [0.1, 0.15) is 73.3 Å². The van der Waals surface area contributed by atoms with Gasteiger partial charge >= 0.3 is 23.9 Å². The minimum absolute atomic E-state index is 0.228. The summed E-state index contributed by atoms with van der Waals surface area (Å²) in [7, 11) is 0. The fourth-order valence-corrected chi connectivity index (χ4v) is 4.15. The Kier molecular flexibility index (Phi) is 8.61. The van der Waals surface area contributed by atoms with Gasteiger partial charge in [-0.3, -0.25) is 9.59 Å². The number of amides is 2. The van der Waals surface area contributed by atoms with E-state index in [2.05, 4.69) is 10.6 Å². The van der Waals surface area contributed by atoms with Crippen molar-refractivity contribution in [2.24, 2.45) is 0 Å². The molecule has 0 aromatic heterocycles. The van der Waals surface area contributed by atoms with Gasteiger partial charge in [-0.05, 0) is 78.2 Å². The predicted molar refractivity (Wildman–Crippen MR) is 152 cm³/mol. The summed E-state index contributed by atoms with van der Waals surface area (Å²) in [6, 6.07) is 19.7. The largest absolute Gasteiger partial charge is 0.478 e. The zero-order chi connectivity index (χ0) is 31.3. The fourth-order valence-electron chi connectivity index (χ4n) is 4.15. The highest BCUT2D eigenvalue weighted by Crippen LogP contribution is 2.20. The highest BCUT2D eigenvalue weighted by molar-refractivity contribution is 6.12. The lowest BCUT2D eigenvalue weighted by molar-refractivity contribution is 0.0679. The molecule has 216 valence electrons. The molecule has 0 atom stereocenters. The molecule has 4 aromatic rings. The van der Waals surface area contributed by atoms with E-state index in [0.29, 0.717) is 17.8 Å². The van der Waals surface area contributed by atoms with Crippen LogP contribution in [0.4, 0.5) is 11.4 Å². The molecule has 0 bridgehead atoms. The lowest BCUT2D eigenvalue weighted by Crippen LogP contribution is -2.17. The molecule has 4 aromatic carbocycles. The molecule has 0 fully saturated rings. The maximum absolute atomic E-state index is 12.7. The molecule has 0 saturated heterocycles. The summed E-state index contributed by atoms with van der Waals surface area (Å²) >= 11 is 0. The minimum Gasteiger partial charge on any atom is -0.478 e. The molecule has 0 aliphatic carbocycles. The van der Waals surface area contributed by atoms with Crippen molar-refractivity contribution in [3.8, 4) is 0 Å². The van der Waals surface area contributed by atoms with Gasteiger partial charge in [0.1, 0.15) is 0 Å². The van der Waals surface area contributed by atoms with Gasteiger partial charge in [0.15, 0.2) is 0 Å². The number of carbonyl (C=O) groups excluding carboxylic acids is 2. The maximum Gasteiger partial charge on any atom is 0.336 e. The smallest absolute Gasteiger partial charge is 0.336 e. The molecule has 0 unspecified atom stereocenters. The molecule has 43 heavy (non-hydrogen) atoms. The van der Waals surface area contributed by atoms with Gasteiger partial charge in [-0.1, -0.05) is 24.3 Å². The summed E-state index contributed by atoms with van der Waals surface area (Å²) in [5.41, 5.74) is 0.700. The number of hydrogen-bond donors (Lipinski definition) is 6. The van der Waals surface area contributed by atoms with Gasteiger partial charge in [0, 0.05) is 11.4 Å². The third-order valence-electron chi connectivity index (χ3n) is 6.31. The Labute approximate surface area is 242 Å². The summed E-state index contributed by atoms with van der Waals surface area (Å²) in [5, 5.41) is 42.2. The van der Waals surface area contributed by atoms with Crippen LogP contribution in [0.15, 0.2) is 84.9 Å². The van der Waals surface area contributed by atoms with Gasteiger partial charge in [-0.25, -0.2) is 19.2 Å². The van der Waals surface area contributed by atoms with E-state index in [4.69, 9.17) is 0 Å². The van der Waals surface area contributed by atoms with Gasteiger partial charge in [0.05, 0.1) is 33.4 Å². The fraction of sp³-hybridized carbons (Fsp3) is 0.0323. The van der Waals surface area contributed by atoms with Crippen LogP contribution in [-0.4, -0.2) is 56.1 Å². The monoisotopic (exact) mass is 582 g/mol. The highest BCUT2D eigenvalue weighted by atomic mass is 16.4. The number of carboxylic acids is 4. The van der Waals surface area contributed by atoms with Gasteiger partial charge in [-0.2, -0.15) is 0 Å². The number of nitrogens with one attached hydrogen (secondary N) is 2. The van der Waals surface area contributed by atoms with Crippen LogP contribution >= 0.6 is 0 Å². The van der Waals surface area contributed by atoms with Crippen LogP contribution in [0.3, 0.4) is 0 Å². The summed E-state index contributed by atoms with van der Waals surface area (Å²) < 4.78 is 0. The van der Waals surface area contributed by atoms with Crippen LogP contribution < -0.4 is 10.6 Å². The number of hydrogen-bond acceptors (Lipinski definition) is 6. The minimum atomic E-state index is -1.37. The Morgan fingerprint density at radius 3 is 1.09 bits per heavy atom. The Hall–Kier alpha value is -6.30. The molecule has 0 heterocycles. The Morgan fingerprint density at radius 1 is 0.442 bits per heavy atom. The first-order valence-corrected chi connectivity index (χ1v) is 12.4. The van der Waals surface area contributed by atoms with E-state index in [-0.39, 0.29) is 33.4 Å². The number of carboxylic acid groups (broad SMARTS) is 4. The van der Waals surface area contributed by atoms with Gasteiger partial charge in [0.25, 0.3) is 11.8 Å². The van der Waals surface area contributed by atoms with Crippen LogP contribution in [0.2, 0.25) is 0 Å². The zero-order valence-corrected chi connectivity index (χ0v) is 22.0. The number of carbonyl (C=O) groups is 6. The first kappa shape index (κ1) is 29.7. The first-order chi connectivity index (χ1) is 20.4. The summed E-state index contributed by atoms with van der Waals surface area (Å²) in [6.07, 6.45) is 0.468. The Morgan fingerprint density at radius 2 is 0.791 bits per heavy atom. The molecule has 0 spiro atoms. The van der Waals surface area contributed by atoms with E-state index < -0.39 is 35.7 Å². The molecule has 0 aliphatic heterocycles. The van der Waals surface area contributed by atoms with E-state index >= 15 is 0 Å². The average Bonchev–Trinajstić information content (AvgIpc) is 2.98. The molecule has 12 heteroatoms. The van der Waals surface area contributed by atoms with Crippen molar-refractivity contribution in [3.05, 3.63) is 129 Å². The van der Waals surface area contributed by atoms with Crippen molar-refractivity contribution < 1.29 is 49.2 Å². The van der Waals surface area contributed by atoms with Crippen molar-refractivity contribution in [3.63, 3.8) is 0 Å². The molecular weight excluding hydrogens is 560 g/mol. The molecular formula is C31H22N2O10. The molecule has 0 radical (unpaired) electrons. The second-order valence-electron chi connectivity index (χ2n) is 9.22. The average molecular weight is 583 g/mol. The third-order valence-corrected chi connectivity index (χ3v) is 6.31. The maximum atomic E-state index is 12.7. The van der Waals surface area contributed by atoms with Crippen molar-refractivity contribution in [2.75, 3.05) is 10.6 Å². The lowest BCUT2D eigenvalue weighted by atomic mass is 10.0. The Bertz CT molecular complexity index is 1650. The van der Waals surface area contributed by atoms with Crippen molar-refractivity contribution in [2.45, 2.75) is 6.42 Å². The van der Waals surface area contributed by atoms with E-state index in [1.807, 2.05) is 0 Å². The summed E-state index contributed by atoms with van der Waals surface area (Å²) in [4.78, 5) is 71.0. The molecule has 0 saturated carbocycles. The normalized spacial score (nSPS) is 10.4. The first-order valence-electron chi connectivity index (χ1n) is 12.4. The Balaban J connectivity index is 1.42. The number of benzene rings is 4. The molecule has 4 rings (SSSR count). The predicted octanol–water partition coefficient (Wildman–Crippen LogP) is 4.57. The molecule has 2 amide bonds. The van der Waals surface area contributed by atoms with Crippen LogP contribution in [-0.2, 0) is 6.42 Å². The number of rotatable bonds is 10. The zero-order valence-electron chi connectivity index (χ0n) is 22.0. The summed E-state index contributed by atoms with van der Waals surface area (Å²) in [6.45, 7) is 0. The van der Waals surface area contributed by atoms with Crippen molar-refractivity contribution >= 4 is 47.1 Å². The molecule has 12 nitrogen and oxygen atoms in total. The van der Waals surface area contributed by atoms with E-state index in [1.54, 1.807) is 48.5 Å². The third kappa shape index (κ3) is 7.08. The van der Waals surface area contributed by atoms with Crippen molar-refractivity contribution in [1.82, 2.24) is 0 Å². The van der Waals surface area contributed by atoms with Crippen molar-refractivity contribution in [1.29, 1.82) is 0 Å². The second-order valence-corrected chi connectivity index (χ2v) is 9.22. The molecule has 6 N–H and O–H groups in total. The second kappa shape index (κ2) is 12.5. The van der Waals surface area contributed by atoms with E-state index in [0.717, 1.165) is 47.5 Å². The van der Waals surface area contributed by atoms with Gasteiger partial charge in [0.2, 0.25) is 0 Å². The quantitative estimate of drug-likeness (QED) is 0.153. The van der Waals surface area contributed by atoms with Gasteiger partial charge in [-0.15, -0.1) is 0 Å². The number of aromatic carboxylic acids is 4. The highest BCUT2D eigenvalue weighted by Gasteiger charge is 2.20. The number of anilines is 2. The van der Waals surface area contributed by atoms with Crippen LogP contribution in [0.25, 0.3) is 0 Å².